The molecule has 11 heteroatoms. The van der Waals surface area contributed by atoms with Gasteiger partial charge in [-0.15, -0.1) is 0 Å². The van der Waals surface area contributed by atoms with Crippen LogP contribution in [0.5, 0.6) is 0 Å². The average molecular weight is 567 g/mol. The van der Waals surface area contributed by atoms with Crippen LogP contribution in [0.25, 0.3) is 0 Å². The first-order chi connectivity index (χ1) is 19.0. The first-order valence-corrected chi connectivity index (χ1v) is 13.5. The first-order valence-electron chi connectivity index (χ1n) is 13.5. The van der Waals surface area contributed by atoms with Crippen molar-refractivity contribution in [2.75, 3.05) is 19.7 Å². The molecule has 0 spiro atoms. The van der Waals surface area contributed by atoms with Crippen molar-refractivity contribution in [1.29, 1.82) is 0 Å². The quantitative estimate of drug-likeness (QED) is 0.433. The Hall–Kier alpha value is -3.05. The molecule has 6 nitrogen and oxygen atoms in total. The highest BCUT2D eigenvalue weighted by Gasteiger charge is 2.54. The summed E-state index contributed by atoms with van der Waals surface area (Å²) in [7, 11) is 0. The van der Waals surface area contributed by atoms with Crippen molar-refractivity contribution in [3.05, 3.63) is 70.3 Å². The fraction of sp³-hybridized carbons (Fsp3) is 0.517. The maximum atomic E-state index is 13.8. The lowest BCUT2D eigenvalue weighted by Crippen LogP contribution is -2.57. The Bertz CT molecular complexity index is 1260. The second-order valence-corrected chi connectivity index (χ2v) is 11.1. The predicted octanol–water partition coefficient (Wildman–Crippen LogP) is 5.51. The minimum atomic E-state index is -4.69. The summed E-state index contributed by atoms with van der Waals surface area (Å²) in [4.78, 5) is 26.9. The number of hydrogen-bond donors (Lipinski definition) is 2. The van der Waals surface area contributed by atoms with E-state index in [0.717, 1.165) is 56.5 Å². The van der Waals surface area contributed by atoms with E-state index in [1.807, 2.05) is 0 Å². The van der Waals surface area contributed by atoms with Crippen molar-refractivity contribution >= 4 is 11.9 Å². The van der Waals surface area contributed by atoms with Gasteiger partial charge in [0.05, 0.1) is 17.7 Å². The average Bonchev–Trinajstić information content (AvgIpc) is 3.77. The number of likely N-dealkylation sites (tertiary alicyclic amines) is 1. The van der Waals surface area contributed by atoms with Gasteiger partial charge in [-0.3, -0.25) is 9.69 Å². The van der Waals surface area contributed by atoms with Crippen LogP contribution in [-0.2, 0) is 22.3 Å². The SMILES string of the molecule is O=C(O)c1cc(C2CCN([C@@H]3CC[C@@](C(=O)NCc4cc(F)cc(C(F)(F)F)c4)(C4CC4)OC3)CC2)ccc1F. The Balaban J connectivity index is 1.17. The molecule has 1 aliphatic carbocycles. The number of benzene rings is 2. The predicted molar refractivity (Wildman–Crippen MR) is 135 cm³/mol. The Morgan fingerprint density at radius 2 is 1.75 bits per heavy atom. The number of hydrogen-bond acceptors (Lipinski definition) is 4. The third kappa shape index (κ3) is 6.00. The fourth-order valence-corrected chi connectivity index (χ4v) is 6.11. The molecule has 0 bridgehead atoms. The summed E-state index contributed by atoms with van der Waals surface area (Å²) in [6.07, 6.45) is -0.273. The van der Waals surface area contributed by atoms with Crippen LogP contribution in [0.1, 0.15) is 71.5 Å². The van der Waals surface area contributed by atoms with Crippen molar-refractivity contribution in [3.63, 3.8) is 0 Å². The normalized spacial score (nSPS) is 24.6. The third-order valence-electron chi connectivity index (χ3n) is 8.48. The zero-order chi connectivity index (χ0) is 28.7. The second-order valence-electron chi connectivity index (χ2n) is 11.1. The summed E-state index contributed by atoms with van der Waals surface area (Å²) in [6.45, 7) is 1.61. The Morgan fingerprint density at radius 1 is 1.02 bits per heavy atom. The van der Waals surface area contributed by atoms with Gasteiger partial charge in [0.1, 0.15) is 17.2 Å². The van der Waals surface area contributed by atoms with Crippen LogP contribution in [0.2, 0.25) is 0 Å². The molecule has 5 rings (SSSR count). The van der Waals surface area contributed by atoms with Gasteiger partial charge in [-0.25, -0.2) is 13.6 Å². The zero-order valence-corrected chi connectivity index (χ0v) is 21.8. The van der Waals surface area contributed by atoms with Gasteiger partial charge in [0, 0.05) is 12.6 Å². The molecule has 216 valence electrons. The Labute approximate surface area is 228 Å². The molecule has 2 heterocycles. The molecule has 40 heavy (non-hydrogen) atoms. The zero-order valence-electron chi connectivity index (χ0n) is 21.8. The standard InChI is InChI=1S/C29H31F5N2O4/c30-22-12-17(11-21(14-22)29(32,33)34)15-35-27(39)28(20-2-3-20)8-5-23(16-40-28)36-9-6-18(7-10-36)19-1-4-25(31)24(13-19)26(37)38/h1,4,11-14,18,20,23H,2-3,5-10,15-16H2,(H,35,39)(H,37,38)/t23-,28+/m1/s1. The van der Waals surface area contributed by atoms with Crippen molar-refractivity contribution < 1.29 is 41.4 Å². The smallest absolute Gasteiger partial charge is 0.416 e. The van der Waals surface area contributed by atoms with Gasteiger partial charge >= 0.3 is 12.1 Å². The number of alkyl halides is 3. The number of carboxylic acids is 1. The van der Waals surface area contributed by atoms with E-state index in [0.29, 0.717) is 25.5 Å². The number of piperidine rings is 1. The van der Waals surface area contributed by atoms with Gasteiger partial charge in [0.15, 0.2) is 0 Å². The van der Waals surface area contributed by atoms with Crippen molar-refractivity contribution in [3.8, 4) is 0 Å². The molecule has 3 fully saturated rings. The molecule has 0 unspecified atom stereocenters. The minimum absolute atomic E-state index is 0.0276. The van der Waals surface area contributed by atoms with Gasteiger partial charge in [-0.1, -0.05) is 6.07 Å². The number of ether oxygens (including phenoxy) is 1. The lowest BCUT2D eigenvalue weighted by atomic mass is 9.84. The number of carbonyl (C=O) groups is 2. The highest BCUT2D eigenvalue weighted by molar-refractivity contribution is 5.88. The van der Waals surface area contributed by atoms with E-state index < -0.39 is 34.9 Å². The van der Waals surface area contributed by atoms with E-state index in [2.05, 4.69) is 10.2 Å². The van der Waals surface area contributed by atoms with Crippen LogP contribution in [0, 0.1) is 17.6 Å². The summed E-state index contributed by atoms with van der Waals surface area (Å²) >= 11 is 0. The summed E-state index contributed by atoms with van der Waals surface area (Å²) in [6, 6.07) is 6.60. The van der Waals surface area contributed by atoms with Gasteiger partial charge in [0.25, 0.3) is 5.91 Å². The van der Waals surface area contributed by atoms with E-state index in [1.165, 1.54) is 12.1 Å². The summed E-state index contributed by atoms with van der Waals surface area (Å²) in [5.41, 5.74) is -1.64. The van der Waals surface area contributed by atoms with Crippen LogP contribution in [0.3, 0.4) is 0 Å². The first kappa shape index (κ1) is 28.5. The van der Waals surface area contributed by atoms with Crippen LogP contribution in [0.15, 0.2) is 36.4 Å². The van der Waals surface area contributed by atoms with E-state index >= 15 is 0 Å². The van der Waals surface area contributed by atoms with Crippen LogP contribution >= 0.6 is 0 Å². The molecule has 1 amide bonds. The van der Waals surface area contributed by atoms with Gasteiger partial charge in [0.2, 0.25) is 0 Å². The summed E-state index contributed by atoms with van der Waals surface area (Å²) in [5, 5.41) is 11.9. The molecule has 2 aromatic rings. The number of rotatable bonds is 7. The molecule has 2 atom stereocenters. The lowest BCUT2D eigenvalue weighted by Gasteiger charge is -2.45. The second kappa shape index (κ2) is 11.1. The maximum absolute atomic E-state index is 13.8. The van der Waals surface area contributed by atoms with E-state index in [1.54, 1.807) is 6.07 Å². The molecule has 0 radical (unpaired) electrons. The highest BCUT2D eigenvalue weighted by atomic mass is 19.4. The number of nitrogens with zero attached hydrogens (tertiary/aromatic N) is 1. The molecule has 0 aromatic heterocycles. The highest BCUT2D eigenvalue weighted by Crippen LogP contribution is 2.47. The molecule has 2 aliphatic heterocycles. The summed E-state index contributed by atoms with van der Waals surface area (Å²) in [5.74, 6) is -3.27. The monoisotopic (exact) mass is 566 g/mol. The van der Waals surface area contributed by atoms with Crippen LogP contribution < -0.4 is 5.32 Å². The largest absolute Gasteiger partial charge is 0.478 e. The number of halogens is 5. The summed E-state index contributed by atoms with van der Waals surface area (Å²) < 4.78 is 73.0. The third-order valence-corrected chi connectivity index (χ3v) is 8.48. The van der Waals surface area contributed by atoms with Crippen molar-refractivity contribution in [2.45, 2.75) is 68.8 Å². The Morgan fingerprint density at radius 3 is 2.35 bits per heavy atom. The maximum Gasteiger partial charge on any atom is 0.416 e. The molecule has 3 aliphatic rings. The minimum Gasteiger partial charge on any atom is -0.478 e. The Kier molecular flexibility index (Phi) is 7.89. The van der Waals surface area contributed by atoms with Crippen LogP contribution in [0.4, 0.5) is 22.0 Å². The van der Waals surface area contributed by atoms with E-state index in [-0.39, 0.29) is 41.5 Å². The van der Waals surface area contributed by atoms with Gasteiger partial charge < -0.3 is 15.2 Å². The van der Waals surface area contributed by atoms with E-state index in [4.69, 9.17) is 4.74 Å². The topological polar surface area (TPSA) is 78.9 Å². The number of aromatic carboxylic acids is 1. The van der Waals surface area contributed by atoms with Crippen molar-refractivity contribution in [1.82, 2.24) is 10.2 Å². The molecule has 1 saturated carbocycles. The number of carbonyl (C=O) groups excluding carboxylic acids is 1. The molecule has 2 saturated heterocycles. The molecule has 2 N–H and O–H groups in total. The van der Waals surface area contributed by atoms with Crippen LogP contribution in [-0.4, -0.2) is 53.2 Å². The van der Waals surface area contributed by atoms with Gasteiger partial charge in [-0.05, 0) is 105 Å². The molecular formula is C29H31F5N2O4. The van der Waals surface area contributed by atoms with Crippen molar-refractivity contribution in [2.24, 2.45) is 5.92 Å². The van der Waals surface area contributed by atoms with Gasteiger partial charge in [-0.2, -0.15) is 13.2 Å². The molecular weight excluding hydrogens is 535 g/mol. The number of nitrogens with one attached hydrogen (secondary N) is 1. The molecule has 2 aromatic carbocycles. The fourth-order valence-electron chi connectivity index (χ4n) is 6.11. The lowest BCUT2D eigenvalue weighted by molar-refractivity contribution is -0.165. The number of carboxylic acid groups (broad SMARTS) is 1. The number of amides is 1. The van der Waals surface area contributed by atoms with E-state index in [9.17, 15) is 36.6 Å².